The first kappa shape index (κ1) is 13.3. The smallest absolute Gasteiger partial charge is 0.0580 e. The Morgan fingerprint density at radius 1 is 1.12 bits per heavy atom. The number of likely N-dealkylation sites (tertiary alicyclic amines) is 1. The summed E-state index contributed by atoms with van der Waals surface area (Å²) in [7, 11) is 2.21. The van der Waals surface area contributed by atoms with E-state index in [4.69, 9.17) is 0 Å². The molecule has 0 amide bonds. The molecule has 0 aromatic heterocycles. The molecule has 17 heavy (non-hydrogen) atoms. The molecule has 0 radical (unpaired) electrons. The quantitative estimate of drug-likeness (QED) is 0.790. The monoisotopic (exact) mass is 240 g/mol. The van der Waals surface area contributed by atoms with Gasteiger partial charge >= 0.3 is 0 Å². The highest BCUT2D eigenvalue weighted by Gasteiger charge is 2.24. The number of aliphatic hydroxyl groups excluding tert-OH is 1. The SMILES string of the molecule is CN(CCN1CCCC1)CC1CCCCC1O. The molecule has 2 fully saturated rings. The van der Waals surface area contributed by atoms with Crippen LogP contribution in [0.3, 0.4) is 0 Å². The molecule has 0 aromatic rings. The maximum Gasteiger partial charge on any atom is 0.0580 e. The maximum absolute atomic E-state index is 9.96. The predicted molar refractivity (Wildman–Crippen MR) is 71.1 cm³/mol. The largest absolute Gasteiger partial charge is 0.393 e. The Labute approximate surface area is 106 Å². The lowest BCUT2D eigenvalue weighted by molar-refractivity contribution is 0.0501. The zero-order valence-corrected chi connectivity index (χ0v) is 11.3. The van der Waals surface area contributed by atoms with E-state index in [0.29, 0.717) is 5.92 Å². The maximum atomic E-state index is 9.96. The number of hydrogen-bond acceptors (Lipinski definition) is 3. The van der Waals surface area contributed by atoms with Gasteiger partial charge in [0, 0.05) is 19.6 Å². The van der Waals surface area contributed by atoms with E-state index < -0.39 is 0 Å². The Bertz CT molecular complexity index is 216. The highest BCUT2D eigenvalue weighted by atomic mass is 16.3. The van der Waals surface area contributed by atoms with Gasteiger partial charge < -0.3 is 14.9 Å². The van der Waals surface area contributed by atoms with Gasteiger partial charge in [-0.1, -0.05) is 12.8 Å². The Kier molecular flexibility index (Phi) is 5.26. The van der Waals surface area contributed by atoms with Crippen molar-refractivity contribution in [1.82, 2.24) is 9.80 Å². The van der Waals surface area contributed by atoms with Crippen molar-refractivity contribution in [3.63, 3.8) is 0 Å². The fourth-order valence-corrected chi connectivity index (χ4v) is 3.21. The van der Waals surface area contributed by atoms with Crippen LogP contribution < -0.4 is 0 Å². The summed E-state index contributed by atoms with van der Waals surface area (Å²) in [6, 6.07) is 0. The van der Waals surface area contributed by atoms with Gasteiger partial charge in [0.2, 0.25) is 0 Å². The van der Waals surface area contributed by atoms with Gasteiger partial charge in [-0.05, 0) is 51.7 Å². The predicted octanol–water partition coefficient (Wildman–Crippen LogP) is 1.57. The van der Waals surface area contributed by atoms with Gasteiger partial charge in [-0.3, -0.25) is 0 Å². The molecule has 1 saturated heterocycles. The molecule has 1 N–H and O–H groups in total. The van der Waals surface area contributed by atoms with E-state index in [1.165, 1.54) is 51.7 Å². The Morgan fingerprint density at radius 2 is 1.82 bits per heavy atom. The Morgan fingerprint density at radius 3 is 2.53 bits per heavy atom. The average molecular weight is 240 g/mol. The summed E-state index contributed by atoms with van der Waals surface area (Å²) in [6.07, 6.45) is 7.48. The number of likely N-dealkylation sites (N-methyl/N-ethyl adjacent to an activating group) is 1. The van der Waals surface area contributed by atoms with Crippen LogP contribution in [0.25, 0.3) is 0 Å². The Hall–Kier alpha value is -0.120. The van der Waals surface area contributed by atoms with Crippen molar-refractivity contribution in [3.8, 4) is 0 Å². The van der Waals surface area contributed by atoms with Crippen LogP contribution in [-0.4, -0.2) is 60.8 Å². The number of hydrogen-bond donors (Lipinski definition) is 1. The van der Waals surface area contributed by atoms with E-state index in [1.54, 1.807) is 0 Å². The van der Waals surface area contributed by atoms with Gasteiger partial charge in [0.1, 0.15) is 0 Å². The third-order valence-electron chi connectivity index (χ3n) is 4.41. The number of nitrogens with zero attached hydrogens (tertiary/aromatic N) is 2. The molecule has 0 bridgehead atoms. The van der Waals surface area contributed by atoms with Crippen molar-refractivity contribution in [2.24, 2.45) is 5.92 Å². The molecule has 2 atom stereocenters. The molecule has 3 nitrogen and oxygen atoms in total. The van der Waals surface area contributed by atoms with Gasteiger partial charge in [-0.2, -0.15) is 0 Å². The summed E-state index contributed by atoms with van der Waals surface area (Å²) in [5, 5.41) is 9.96. The first-order valence-electron chi connectivity index (χ1n) is 7.34. The Balaban J connectivity index is 1.63. The summed E-state index contributed by atoms with van der Waals surface area (Å²) in [5.74, 6) is 0.521. The third kappa shape index (κ3) is 4.23. The van der Waals surface area contributed by atoms with Gasteiger partial charge in [-0.25, -0.2) is 0 Å². The molecule has 0 aromatic carbocycles. The summed E-state index contributed by atoms with van der Waals surface area (Å²) in [4.78, 5) is 4.98. The molecule has 100 valence electrons. The summed E-state index contributed by atoms with van der Waals surface area (Å²) in [6.45, 7) is 6.03. The van der Waals surface area contributed by atoms with Crippen LogP contribution in [0.4, 0.5) is 0 Å². The van der Waals surface area contributed by atoms with Crippen LogP contribution in [0.2, 0.25) is 0 Å². The third-order valence-corrected chi connectivity index (χ3v) is 4.41. The normalized spacial score (nSPS) is 31.2. The molecule has 2 aliphatic rings. The fraction of sp³-hybridized carbons (Fsp3) is 1.00. The average Bonchev–Trinajstić information content (AvgIpc) is 2.82. The number of rotatable bonds is 5. The van der Waals surface area contributed by atoms with Crippen LogP contribution in [-0.2, 0) is 0 Å². The molecule has 1 aliphatic carbocycles. The van der Waals surface area contributed by atoms with Crippen molar-refractivity contribution < 1.29 is 5.11 Å². The van der Waals surface area contributed by atoms with E-state index in [0.717, 1.165) is 19.5 Å². The topological polar surface area (TPSA) is 26.7 Å². The van der Waals surface area contributed by atoms with E-state index in [1.807, 2.05) is 0 Å². The molecule has 1 aliphatic heterocycles. The van der Waals surface area contributed by atoms with Crippen molar-refractivity contribution >= 4 is 0 Å². The highest BCUT2D eigenvalue weighted by molar-refractivity contribution is 4.77. The van der Waals surface area contributed by atoms with Crippen LogP contribution in [0.5, 0.6) is 0 Å². The summed E-state index contributed by atoms with van der Waals surface area (Å²) < 4.78 is 0. The van der Waals surface area contributed by atoms with Crippen LogP contribution in [0.1, 0.15) is 38.5 Å². The number of aliphatic hydroxyl groups is 1. The molecule has 1 saturated carbocycles. The molecule has 2 rings (SSSR count). The lowest BCUT2D eigenvalue weighted by Gasteiger charge is -2.31. The first-order chi connectivity index (χ1) is 8.25. The van der Waals surface area contributed by atoms with Crippen molar-refractivity contribution in [2.75, 3.05) is 39.8 Å². The van der Waals surface area contributed by atoms with Crippen molar-refractivity contribution in [2.45, 2.75) is 44.6 Å². The van der Waals surface area contributed by atoms with E-state index in [9.17, 15) is 5.11 Å². The minimum Gasteiger partial charge on any atom is -0.393 e. The molecular weight excluding hydrogens is 212 g/mol. The zero-order valence-electron chi connectivity index (χ0n) is 11.3. The highest BCUT2D eigenvalue weighted by Crippen LogP contribution is 2.24. The lowest BCUT2D eigenvalue weighted by atomic mass is 9.86. The standard InChI is InChI=1S/C14H28N2O/c1-15(10-11-16-8-4-5-9-16)12-13-6-2-3-7-14(13)17/h13-14,17H,2-12H2,1H3. The van der Waals surface area contributed by atoms with Gasteiger partial charge in [0.25, 0.3) is 0 Å². The van der Waals surface area contributed by atoms with Crippen LogP contribution >= 0.6 is 0 Å². The molecule has 3 heteroatoms. The second kappa shape index (κ2) is 6.72. The van der Waals surface area contributed by atoms with E-state index in [2.05, 4.69) is 16.8 Å². The fourth-order valence-electron chi connectivity index (χ4n) is 3.21. The van der Waals surface area contributed by atoms with Gasteiger partial charge in [0.15, 0.2) is 0 Å². The van der Waals surface area contributed by atoms with Crippen LogP contribution in [0.15, 0.2) is 0 Å². The van der Waals surface area contributed by atoms with E-state index >= 15 is 0 Å². The van der Waals surface area contributed by atoms with Crippen molar-refractivity contribution in [3.05, 3.63) is 0 Å². The first-order valence-corrected chi connectivity index (χ1v) is 7.34. The molecule has 1 heterocycles. The lowest BCUT2D eigenvalue weighted by Crippen LogP contribution is -2.38. The minimum atomic E-state index is -0.0435. The second-order valence-electron chi connectivity index (χ2n) is 5.92. The van der Waals surface area contributed by atoms with Crippen LogP contribution in [0, 0.1) is 5.92 Å². The molecular formula is C14H28N2O. The van der Waals surface area contributed by atoms with Gasteiger partial charge in [0.05, 0.1) is 6.10 Å². The molecule has 2 unspecified atom stereocenters. The second-order valence-corrected chi connectivity index (χ2v) is 5.92. The zero-order chi connectivity index (χ0) is 12.1. The summed E-state index contributed by atoms with van der Waals surface area (Å²) in [5.41, 5.74) is 0. The van der Waals surface area contributed by atoms with Crippen molar-refractivity contribution in [1.29, 1.82) is 0 Å². The molecule has 0 spiro atoms. The minimum absolute atomic E-state index is 0.0435. The van der Waals surface area contributed by atoms with Gasteiger partial charge in [-0.15, -0.1) is 0 Å². The summed E-state index contributed by atoms with van der Waals surface area (Å²) >= 11 is 0. The van der Waals surface area contributed by atoms with E-state index in [-0.39, 0.29) is 6.10 Å².